The SMILES string of the molecule is C=CCN1C(=O)/C(=c2\sc3n(c2=O)[C@H](c2cccs2)C(C(=O)OCCOC)=C(C)N=3)c2ccccc21. The standard InChI is InChI=1S/C26H23N3O5S2/c1-4-11-28-17-9-6-5-8-16(17)20(23(28)30)22-24(31)29-21(18-10-7-14-35-18)19(15(2)27-26(29)36-22)25(32)34-13-12-33-3/h4-10,14,21H,1,11-13H2,2-3H3/b22-20-/t21-/m1/s1. The third kappa shape index (κ3) is 3.87. The van der Waals surface area contributed by atoms with Gasteiger partial charge in [0.15, 0.2) is 4.80 Å². The number of esters is 1. The van der Waals surface area contributed by atoms with Gasteiger partial charge in [0.25, 0.3) is 11.5 Å². The summed E-state index contributed by atoms with van der Waals surface area (Å²) in [5.41, 5.74) is 2.16. The normalized spacial score (nSPS) is 18.1. The molecular weight excluding hydrogens is 498 g/mol. The van der Waals surface area contributed by atoms with Crippen LogP contribution in [-0.2, 0) is 19.1 Å². The first kappa shape index (κ1) is 24.1. The second-order valence-corrected chi connectivity index (χ2v) is 10.1. The van der Waals surface area contributed by atoms with Gasteiger partial charge in [0, 0.05) is 24.1 Å². The van der Waals surface area contributed by atoms with E-state index in [1.54, 1.807) is 17.9 Å². The van der Waals surface area contributed by atoms with Crippen molar-refractivity contribution >= 4 is 45.8 Å². The van der Waals surface area contributed by atoms with Crippen molar-refractivity contribution in [2.45, 2.75) is 13.0 Å². The van der Waals surface area contributed by atoms with Crippen molar-refractivity contribution in [2.24, 2.45) is 4.99 Å². The first-order valence-corrected chi connectivity index (χ1v) is 12.9. The lowest BCUT2D eigenvalue weighted by molar-refractivity contribution is -0.140. The van der Waals surface area contributed by atoms with Crippen molar-refractivity contribution in [1.82, 2.24) is 4.57 Å². The van der Waals surface area contributed by atoms with E-state index in [2.05, 4.69) is 11.6 Å². The van der Waals surface area contributed by atoms with Gasteiger partial charge in [0.2, 0.25) is 0 Å². The lowest BCUT2D eigenvalue weighted by Gasteiger charge is -2.23. The van der Waals surface area contributed by atoms with Gasteiger partial charge in [-0.15, -0.1) is 17.9 Å². The lowest BCUT2D eigenvalue weighted by Crippen LogP contribution is -2.40. The number of allylic oxidation sites excluding steroid dienone is 1. The van der Waals surface area contributed by atoms with E-state index in [-0.39, 0.29) is 24.7 Å². The molecule has 3 aromatic rings. The van der Waals surface area contributed by atoms with Crippen LogP contribution >= 0.6 is 22.7 Å². The van der Waals surface area contributed by atoms with Crippen LogP contribution in [0, 0.1) is 0 Å². The molecular formula is C26H23N3O5S2. The number of hydrogen-bond donors (Lipinski definition) is 0. The Balaban J connectivity index is 1.74. The number of nitrogens with zero attached hydrogens (tertiary/aromatic N) is 3. The van der Waals surface area contributed by atoms with Crippen LogP contribution < -0.4 is 19.8 Å². The number of carbonyl (C=O) groups is 2. The molecule has 0 bridgehead atoms. The Morgan fingerprint density at radius 1 is 1.19 bits per heavy atom. The molecule has 0 radical (unpaired) electrons. The van der Waals surface area contributed by atoms with Crippen LogP contribution in [-0.4, -0.2) is 43.3 Å². The number of carbonyl (C=O) groups excluding carboxylic acids is 2. The molecule has 184 valence electrons. The van der Waals surface area contributed by atoms with Crippen LogP contribution in [0.4, 0.5) is 5.69 Å². The Morgan fingerprint density at radius 3 is 2.72 bits per heavy atom. The maximum absolute atomic E-state index is 14.0. The van der Waals surface area contributed by atoms with E-state index < -0.39 is 12.0 Å². The number of thiazole rings is 1. The minimum atomic E-state index is -0.707. The van der Waals surface area contributed by atoms with E-state index in [4.69, 9.17) is 9.47 Å². The topological polar surface area (TPSA) is 90.2 Å². The van der Waals surface area contributed by atoms with Gasteiger partial charge in [-0.1, -0.05) is 41.7 Å². The molecule has 0 aliphatic carbocycles. The van der Waals surface area contributed by atoms with E-state index in [0.717, 1.165) is 21.9 Å². The predicted molar refractivity (Wildman–Crippen MR) is 139 cm³/mol. The molecule has 4 heterocycles. The molecule has 1 atom stereocenters. The van der Waals surface area contributed by atoms with Crippen molar-refractivity contribution in [2.75, 3.05) is 31.8 Å². The van der Waals surface area contributed by atoms with Gasteiger partial charge in [-0.05, 0) is 24.4 Å². The number of benzene rings is 1. The number of ether oxygens (including phenoxy) is 2. The van der Waals surface area contributed by atoms with Gasteiger partial charge >= 0.3 is 5.97 Å². The summed E-state index contributed by atoms with van der Waals surface area (Å²) in [6, 6.07) is 10.4. The summed E-state index contributed by atoms with van der Waals surface area (Å²) in [7, 11) is 1.53. The Bertz CT molecular complexity index is 1580. The van der Waals surface area contributed by atoms with E-state index in [1.165, 1.54) is 23.0 Å². The van der Waals surface area contributed by atoms with Gasteiger partial charge < -0.3 is 14.4 Å². The molecule has 1 aromatic carbocycles. The van der Waals surface area contributed by atoms with E-state index in [9.17, 15) is 14.4 Å². The minimum absolute atomic E-state index is 0.0856. The zero-order valence-corrected chi connectivity index (χ0v) is 21.4. The summed E-state index contributed by atoms with van der Waals surface area (Å²) in [5.74, 6) is -0.812. The second-order valence-electron chi connectivity index (χ2n) is 8.14. The van der Waals surface area contributed by atoms with Crippen LogP contribution in [0.25, 0.3) is 5.57 Å². The molecule has 2 aliphatic heterocycles. The Hall–Kier alpha value is -3.60. The quantitative estimate of drug-likeness (QED) is 0.271. The fourth-order valence-electron chi connectivity index (χ4n) is 4.45. The predicted octanol–water partition coefficient (Wildman–Crippen LogP) is 2.39. The van der Waals surface area contributed by atoms with Crippen molar-refractivity contribution in [3.05, 3.63) is 95.8 Å². The number of hydrogen-bond acceptors (Lipinski definition) is 8. The highest BCUT2D eigenvalue weighted by Gasteiger charge is 2.37. The van der Waals surface area contributed by atoms with Crippen molar-refractivity contribution < 1.29 is 19.1 Å². The summed E-state index contributed by atoms with van der Waals surface area (Å²) in [4.78, 5) is 48.0. The number of methoxy groups -OCH3 is 1. The smallest absolute Gasteiger partial charge is 0.338 e. The molecule has 1 amide bonds. The minimum Gasteiger partial charge on any atom is -0.460 e. The summed E-state index contributed by atoms with van der Waals surface area (Å²) >= 11 is 2.59. The lowest BCUT2D eigenvalue weighted by atomic mass is 10.0. The van der Waals surface area contributed by atoms with Crippen LogP contribution in [0.1, 0.15) is 23.4 Å². The Kier molecular flexibility index (Phi) is 6.57. The van der Waals surface area contributed by atoms with E-state index in [1.807, 2.05) is 41.8 Å². The highest BCUT2D eigenvalue weighted by atomic mass is 32.1. The maximum Gasteiger partial charge on any atom is 0.338 e. The largest absolute Gasteiger partial charge is 0.460 e. The van der Waals surface area contributed by atoms with Gasteiger partial charge in [-0.2, -0.15) is 0 Å². The second kappa shape index (κ2) is 9.81. The molecule has 0 spiro atoms. The molecule has 10 heteroatoms. The number of thiophene rings is 1. The number of aromatic nitrogens is 1. The molecule has 0 saturated heterocycles. The van der Waals surface area contributed by atoms with Gasteiger partial charge in [0.1, 0.15) is 17.2 Å². The van der Waals surface area contributed by atoms with Crippen molar-refractivity contribution in [3.8, 4) is 0 Å². The van der Waals surface area contributed by atoms with Crippen LogP contribution in [0.3, 0.4) is 0 Å². The van der Waals surface area contributed by atoms with Gasteiger partial charge in [0.05, 0.1) is 29.1 Å². The molecule has 0 fully saturated rings. The monoisotopic (exact) mass is 521 g/mol. The number of fused-ring (bicyclic) bond motifs is 2. The molecule has 5 rings (SSSR count). The van der Waals surface area contributed by atoms with Crippen LogP contribution in [0.5, 0.6) is 0 Å². The summed E-state index contributed by atoms with van der Waals surface area (Å²) in [5, 5.41) is 1.89. The van der Waals surface area contributed by atoms with Crippen molar-refractivity contribution in [1.29, 1.82) is 0 Å². The molecule has 0 saturated carbocycles. The number of anilines is 1. The van der Waals surface area contributed by atoms with Crippen LogP contribution in [0.15, 0.2) is 75.5 Å². The van der Waals surface area contributed by atoms with Crippen molar-refractivity contribution in [3.63, 3.8) is 0 Å². The third-order valence-electron chi connectivity index (χ3n) is 6.01. The fourth-order valence-corrected chi connectivity index (χ4v) is 6.41. The Labute approximate surface area is 214 Å². The highest BCUT2D eigenvalue weighted by molar-refractivity contribution is 7.10. The zero-order chi connectivity index (χ0) is 25.4. The van der Waals surface area contributed by atoms with E-state index in [0.29, 0.717) is 38.3 Å². The average Bonchev–Trinajstić information content (AvgIpc) is 3.57. The first-order chi connectivity index (χ1) is 17.5. The molecule has 2 aromatic heterocycles. The number of rotatable bonds is 7. The third-order valence-corrected chi connectivity index (χ3v) is 7.99. The molecule has 0 unspecified atom stereocenters. The highest BCUT2D eigenvalue weighted by Crippen LogP contribution is 2.36. The Morgan fingerprint density at radius 2 is 2.00 bits per heavy atom. The summed E-state index contributed by atoms with van der Waals surface area (Å²) in [6.45, 7) is 6.16. The molecule has 36 heavy (non-hydrogen) atoms. The summed E-state index contributed by atoms with van der Waals surface area (Å²) in [6.07, 6.45) is 1.65. The number of para-hydroxylation sites is 1. The molecule has 8 nitrogen and oxygen atoms in total. The maximum atomic E-state index is 14.0. The molecule has 2 aliphatic rings. The number of amides is 1. The first-order valence-electron chi connectivity index (χ1n) is 11.2. The summed E-state index contributed by atoms with van der Waals surface area (Å²) < 4.78 is 12.2. The average molecular weight is 522 g/mol. The van der Waals surface area contributed by atoms with Gasteiger partial charge in [-0.25, -0.2) is 9.79 Å². The fraction of sp³-hybridized carbons (Fsp3) is 0.231. The zero-order valence-electron chi connectivity index (χ0n) is 19.7. The molecule has 0 N–H and O–H groups in total. The van der Waals surface area contributed by atoms with Gasteiger partial charge in [-0.3, -0.25) is 14.2 Å². The van der Waals surface area contributed by atoms with E-state index >= 15 is 0 Å². The van der Waals surface area contributed by atoms with Crippen LogP contribution in [0.2, 0.25) is 0 Å².